The van der Waals surface area contributed by atoms with Crippen molar-refractivity contribution >= 4 is 5.88 Å². The fourth-order valence-electron chi connectivity index (χ4n) is 1.85. The van der Waals surface area contributed by atoms with Gasteiger partial charge in [-0.15, -0.1) is 0 Å². The summed E-state index contributed by atoms with van der Waals surface area (Å²) in [6.45, 7) is 7.67. The average Bonchev–Trinajstić information content (AvgIpc) is 2.94. The van der Waals surface area contributed by atoms with Crippen molar-refractivity contribution in [2.24, 2.45) is 5.92 Å². The van der Waals surface area contributed by atoms with Crippen LogP contribution in [0, 0.1) is 17.2 Å². The molecule has 22 heavy (non-hydrogen) atoms. The van der Waals surface area contributed by atoms with Crippen LogP contribution in [0.25, 0.3) is 11.5 Å². The van der Waals surface area contributed by atoms with Crippen LogP contribution in [-0.2, 0) is 0 Å². The Morgan fingerprint density at radius 2 is 2.05 bits per heavy atom. The van der Waals surface area contributed by atoms with E-state index in [0.29, 0.717) is 24.3 Å². The lowest BCUT2D eigenvalue weighted by Crippen LogP contribution is -2.08. The lowest BCUT2D eigenvalue weighted by atomic mass is 10.2. The van der Waals surface area contributed by atoms with E-state index in [1.165, 1.54) is 0 Å². The van der Waals surface area contributed by atoms with Crippen molar-refractivity contribution in [3.05, 3.63) is 30.0 Å². The second-order valence-electron chi connectivity index (χ2n) is 5.46. The minimum absolute atomic E-state index is 0.280. The number of aromatic nitrogens is 1. The Kier molecular flexibility index (Phi) is 5.42. The molecular formula is C17H21N3O2. The molecule has 0 saturated heterocycles. The quantitative estimate of drug-likeness (QED) is 0.834. The molecule has 0 unspecified atom stereocenters. The van der Waals surface area contributed by atoms with Crippen LogP contribution in [0.5, 0.6) is 5.75 Å². The van der Waals surface area contributed by atoms with E-state index >= 15 is 0 Å². The van der Waals surface area contributed by atoms with E-state index in [2.05, 4.69) is 37.1 Å². The number of nitriles is 1. The molecule has 0 atom stereocenters. The maximum atomic E-state index is 9.15. The summed E-state index contributed by atoms with van der Waals surface area (Å²) >= 11 is 0. The topological polar surface area (TPSA) is 71.1 Å². The SMILES string of the molecule is CCCOc1ccc(-c2nc(C#N)c(NCC(C)C)o2)cc1. The van der Waals surface area contributed by atoms with E-state index in [-0.39, 0.29) is 5.69 Å². The molecule has 0 aliphatic carbocycles. The molecule has 0 radical (unpaired) electrons. The lowest BCUT2D eigenvalue weighted by Gasteiger charge is -2.05. The number of ether oxygens (including phenoxy) is 1. The van der Waals surface area contributed by atoms with Crippen LogP contribution in [0.3, 0.4) is 0 Å². The summed E-state index contributed by atoms with van der Waals surface area (Å²) in [6.07, 6.45) is 0.970. The van der Waals surface area contributed by atoms with Crippen LogP contribution in [0.4, 0.5) is 5.88 Å². The Hall–Kier alpha value is -2.48. The van der Waals surface area contributed by atoms with Gasteiger partial charge in [-0.2, -0.15) is 10.2 Å². The molecule has 5 nitrogen and oxygen atoms in total. The average molecular weight is 299 g/mol. The van der Waals surface area contributed by atoms with Gasteiger partial charge in [0.1, 0.15) is 11.8 Å². The molecule has 1 aromatic carbocycles. The Labute approximate surface area is 130 Å². The van der Waals surface area contributed by atoms with Crippen LogP contribution >= 0.6 is 0 Å². The number of oxazole rings is 1. The Morgan fingerprint density at radius 3 is 2.64 bits per heavy atom. The van der Waals surface area contributed by atoms with Crippen LogP contribution in [-0.4, -0.2) is 18.1 Å². The zero-order valence-corrected chi connectivity index (χ0v) is 13.2. The zero-order chi connectivity index (χ0) is 15.9. The number of nitrogens with one attached hydrogen (secondary N) is 1. The van der Waals surface area contributed by atoms with Gasteiger partial charge >= 0.3 is 0 Å². The van der Waals surface area contributed by atoms with Crippen molar-refractivity contribution in [2.75, 3.05) is 18.5 Å². The van der Waals surface area contributed by atoms with Crippen LogP contribution < -0.4 is 10.1 Å². The predicted molar refractivity (Wildman–Crippen MR) is 85.8 cm³/mol. The minimum Gasteiger partial charge on any atom is -0.494 e. The molecule has 0 aliphatic rings. The number of rotatable bonds is 7. The maximum Gasteiger partial charge on any atom is 0.232 e. The number of anilines is 1. The standard InChI is InChI=1S/C17H21N3O2/c1-4-9-21-14-7-5-13(6-8-14)16-20-15(10-18)17(22-16)19-11-12(2)3/h5-8,12,19H,4,9,11H2,1-3H3. The molecule has 1 aromatic heterocycles. The molecule has 0 spiro atoms. The first-order valence-electron chi connectivity index (χ1n) is 7.52. The highest BCUT2D eigenvalue weighted by molar-refractivity contribution is 5.59. The molecule has 2 aromatic rings. The molecule has 2 rings (SSSR count). The van der Waals surface area contributed by atoms with Gasteiger partial charge in [0, 0.05) is 12.1 Å². The van der Waals surface area contributed by atoms with Gasteiger partial charge in [-0.05, 0) is 36.6 Å². The van der Waals surface area contributed by atoms with Crippen molar-refractivity contribution in [3.8, 4) is 23.3 Å². The fourth-order valence-corrected chi connectivity index (χ4v) is 1.85. The van der Waals surface area contributed by atoms with E-state index in [4.69, 9.17) is 14.4 Å². The number of nitrogens with zero attached hydrogens (tertiary/aromatic N) is 2. The van der Waals surface area contributed by atoms with Crippen molar-refractivity contribution in [1.29, 1.82) is 5.26 Å². The molecule has 0 fully saturated rings. The van der Waals surface area contributed by atoms with Gasteiger partial charge in [-0.1, -0.05) is 20.8 Å². The molecular weight excluding hydrogens is 278 g/mol. The van der Waals surface area contributed by atoms with Gasteiger partial charge in [-0.25, -0.2) is 0 Å². The molecule has 0 bridgehead atoms. The first-order valence-corrected chi connectivity index (χ1v) is 7.52. The smallest absolute Gasteiger partial charge is 0.232 e. The highest BCUT2D eigenvalue weighted by atomic mass is 16.5. The lowest BCUT2D eigenvalue weighted by molar-refractivity contribution is 0.317. The molecule has 0 saturated carbocycles. The van der Waals surface area contributed by atoms with Gasteiger partial charge in [0.15, 0.2) is 0 Å². The first kappa shape index (κ1) is 15.9. The number of hydrogen-bond acceptors (Lipinski definition) is 5. The summed E-state index contributed by atoms with van der Waals surface area (Å²) in [6, 6.07) is 9.57. The summed E-state index contributed by atoms with van der Waals surface area (Å²) in [4.78, 5) is 4.24. The van der Waals surface area contributed by atoms with E-state index in [1.807, 2.05) is 24.3 Å². The minimum atomic E-state index is 0.280. The maximum absolute atomic E-state index is 9.15. The van der Waals surface area contributed by atoms with Crippen molar-refractivity contribution in [3.63, 3.8) is 0 Å². The summed E-state index contributed by atoms with van der Waals surface area (Å²) < 4.78 is 11.2. The molecule has 0 aliphatic heterocycles. The Balaban J connectivity index is 2.16. The second kappa shape index (κ2) is 7.51. The van der Waals surface area contributed by atoms with E-state index in [9.17, 15) is 0 Å². The monoisotopic (exact) mass is 299 g/mol. The van der Waals surface area contributed by atoms with E-state index < -0.39 is 0 Å². The molecule has 116 valence electrons. The number of benzene rings is 1. The van der Waals surface area contributed by atoms with E-state index in [1.54, 1.807) is 0 Å². The Morgan fingerprint density at radius 1 is 1.32 bits per heavy atom. The molecule has 1 heterocycles. The predicted octanol–water partition coefficient (Wildman–Crippen LogP) is 4.07. The van der Waals surface area contributed by atoms with Crippen LogP contribution in [0.2, 0.25) is 0 Å². The van der Waals surface area contributed by atoms with Crippen molar-refractivity contribution in [1.82, 2.24) is 4.98 Å². The third-order valence-corrected chi connectivity index (χ3v) is 2.98. The summed E-state index contributed by atoms with van der Waals surface area (Å²) in [5.74, 6) is 2.13. The summed E-state index contributed by atoms with van der Waals surface area (Å²) in [5.41, 5.74) is 1.10. The van der Waals surface area contributed by atoms with Gasteiger partial charge in [0.05, 0.1) is 6.61 Å². The molecule has 0 amide bonds. The van der Waals surface area contributed by atoms with Crippen LogP contribution in [0.15, 0.2) is 28.7 Å². The zero-order valence-electron chi connectivity index (χ0n) is 13.2. The van der Waals surface area contributed by atoms with Gasteiger partial charge in [0.2, 0.25) is 17.5 Å². The highest BCUT2D eigenvalue weighted by Gasteiger charge is 2.14. The van der Waals surface area contributed by atoms with Gasteiger partial charge in [0.25, 0.3) is 0 Å². The molecule has 1 N–H and O–H groups in total. The largest absolute Gasteiger partial charge is 0.494 e. The normalized spacial score (nSPS) is 10.5. The van der Waals surface area contributed by atoms with E-state index in [0.717, 1.165) is 24.3 Å². The van der Waals surface area contributed by atoms with Gasteiger partial charge < -0.3 is 14.5 Å². The highest BCUT2D eigenvalue weighted by Crippen LogP contribution is 2.27. The third kappa shape index (κ3) is 4.01. The Bertz CT molecular complexity index is 639. The fraction of sp³-hybridized carbons (Fsp3) is 0.412. The first-order chi connectivity index (χ1) is 10.6. The third-order valence-electron chi connectivity index (χ3n) is 2.98. The van der Waals surface area contributed by atoms with Crippen molar-refractivity contribution in [2.45, 2.75) is 27.2 Å². The van der Waals surface area contributed by atoms with Gasteiger partial charge in [-0.3, -0.25) is 0 Å². The molecule has 5 heteroatoms. The number of hydrogen-bond donors (Lipinski definition) is 1. The second-order valence-corrected chi connectivity index (χ2v) is 5.46. The summed E-state index contributed by atoms with van der Waals surface area (Å²) in [7, 11) is 0. The van der Waals surface area contributed by atoms with Crippen molar-refractivity contribution < 1.29 is 9.15 Å². The summed E-state index contributed by atoms with van der Waals surface area (Å²) in [5, 5.41) is 12.3. The van der Waals surface area contributed by atoms with Crippen LogP contribution in [0.1, 0.15) is 32.9 Å².